The summed E-state index contributed by atoms with van der Waals surface area (Å²) in [4.78, 5) is 14.1. The molecule has 0 saturated carbocycles. The third kappa shape index (κ3) is 1.99. The van der Waals surface area contributed by atoms with Gasteiger partial charge in [0.1, 0.15) is 0 Å². The van der Waals surface area contributed by atoms with Gasteiger partial charge in [-0.05, 0) is 18.2 Å². The number of hydrogen-bond donors (Lipinski definition) is 0. The van der Waals surface area contributed by atoms with E-state index in [9.17, 15) is 10.1 Å². The highest BCUT2D eigenvalue weighted by Gasteiger charge is 2.04. The molecule has 2 rings (SSSR count). The number of nitrogens with zero attached hydrogens (tertiary/aromatic N) is 2. The van der Waals surface area contributed by atoms with E-state index in [-0.39, 0.29) is 5.69 Å². The zero-order chi connectivity index (χ0) is 10.7. The van der Waals surface area contributed by atoms with Gasteiger partial charge in [0.2, 0.25) is 0 Å². The van der Waals surface area contributed by atoms with Crippen molar-refractivity contribution in [2.75, 3.05) is 0 Å². The van der Waals surface area contributed by atoms with Crippen LogP contribution in [0.15, 0.2) is 42.6 Å². The lowest BCUT2D eigenvalue weighted by molar-refractivity contribution is -0.384. The van der Waals surface area contributed by atoms with Crippen LogP contribution >= 0.6 is 0 Å². The lowest BCUT2D eigenvalue weighted by Gasteiger charge is -1.98. The Labute approximate surface area is 86.4 Å². The van der Waals surface area contributed by atoms with Gasteiger partial charge in [-0.15, -0.1) is 0 Å². The molecule has 0 saturated heterocycles. The number of benzene rings is 1. The Bertz CT molecular complexity index is 466. The van der Waals surface area contributed by atoms with Crippen LogP contribution in [0.3, 0.4) is 0 Å². The van der Waals surface area contributed by atoms with E-state index < -0.39 is 4.92 Å². The van der Waals surface area contributed by atoms with Crippen molar-refractivity contribution in [2.24, 2.45) is 0 Å². The number of nitro benzene ring substituents is 1. The summed E-state index contributed by atoms with van der Waals surface area (Å²) in [5, 5.41) is 10.4. The second-order valence-electron chi connectivity index (χ2n) is 2.95. The fraction of sp³-hybridized carbons (Fsp3) is 0. The first-order chi connectivity index (χ1) is 7.27. The number of aromatic nitrogens is 1. The molecule has 15 heavy (non-hydrogen) atoms. The molecule has 1 aromatic heterocycles. The third-order valence-corrected chi connectivity index (χ3v) is 1.99. The Hall–Kier alpha value is -2.23. The summed E-state index contributed by atoms with van der Waals surface area (Å²) >= 11 is 0. The van der Waals surface area contributed by atoms with Gasteiger partial charge in [0, 0.05) is 30.0 Å². The van der Waals surface area contributed by atoms with Gasteiger partial charge in [0.25, 0.3) is 5.69 Å². The van der Waals surface area contributed by atoms with Crippen LogP contribution in [0.25, 0.3) is 11.3 Å². The molecule has 4 heteroatoms. The minimum atomic E-state index is -0.421. The normalized spacial score (nSPS) is 9.87. The van der Waals surface area contributed by atoms with E-state index in [0.29, 0.717) is 0 Å². The van der Waals surface area contributed by atoms with Crippen LogP contribution in [0.4, 0.5) is 5.69 Å². The van der Waals surface area contributed by atoms with E-state index in [4.69, 9.17) is 0 Å². The van der Waals surface area contributed by atoms with Gasteiger partial charge in [-0.1, -0.05) is 6.07 Å². The third-order valence-electron chi connectivity index (χ3n) is 1.99. The number of nitro groups is 1. The summed E-state index contributed by atoms with van der Waals surface area (Å²) in [5.74, 6) is 0. The minimum absolute atomic E-state index is 0.0845. The first-order valence-corrected chi connectivity index (χ1v) is 4.34. The van der Waals surface area contributed by atoms with Crippen molar-refractivity contribution in [3.8, 4) is 11.3 Å². The highest BCUT2D eigenvalue weighted by molar-refractivity contribution is 5.60. The topological polar surface area (TPSA) is 56.0 Å². The molecule has 1 aromatic carbocycles. The summed E-state index contributed by atoms with van der Waals surface area (Å²) in [6.07, 6.45) is 1.57. The molecule has 0 unspecified atom stereocenters. The maximum Gasteiger partial charge on any atom is 0.269 e. The van der Waals surface area contributed by atoms with Crippen molar-refractivity contribution in [2.45, 2.75) is 0 Å². The summed E-state index contributed by atoms with van der Waals surface area (Å²) in [5.41, 5.74) is 1.72. The second kappa shape index (κ2) is 3.88. The van der Waals surface area contributed by atoms with Crippen LogP contribution in [0.5, 0.6) is 0 Å². The average molecular weight is 199 g/mol. The highest BCUT2D eigenvalue weighted by Crippen LogP contribution is 2.19. The van der Waals surface area contributed by atoms with Crippen molar-refractivity contribution in [1.29, 1.82) is 0 Å². The van der Waals surface area contributed by atoms with Crippen LogP contribution < -0.4 is 0 Å². The fourth-order valence-corrected chi connectivity index (χ4v) is 1.24. The van der Waals surface area contributed by atoms with Gasteiger partial charge in [0.05, 0.1) is 10.6 Å². The molecule has 0 amide bonds. The molecule has 0 aliphatic carbocycles. The minimum Gasteiger partial charge on any atom is -0.258 e. The molecule has 0 aliphatic rings. The second-order valence-corrected chi connectivity index (χ2v) is 2.95. The molecule has 2 aromatic rings. The summed E-state index contributed by atoms with van der Waals surface area (Å²) < 4.78 is 0. The van der Waals surface area contributed by atoms with Gasteiger partial charge in [-0.2, -0.15) is 0 Å². The first-order valence-electron chi connectivity index (χ1n) is 4.34. The first kappa shape index (κ1) is 9.33. The molecule has 0 bridgehead atoms. The zero-order valence-electron chi connectivity index (χ0n) is 7.75. The lowest BCUT2D eigenvalue weighted by Crippen LogP contribution is -1.87. The van der Waals surface area contributed by atoms with Gasteiger partial charge in [0.15, 0.2) is 0 Å². The van der Waals surface area contributed by atoms with Crippen LogP contribution in [0.2, 0.25) is 0 Å². The monoisotopic (exact) mass is 199 g/mol. The lowest BCUT2D eigenvalue weighted by atomic mass is 10.1. The largest absolute Gasteiger partial charge is 0.269 e. The highest BCUT2D eigenvalue weighted by atomic mass is 16.6. The molecule has 4 nitrogen and oxygen atoms in total. The number of hydrogen-bond acceptors (Lipinski definition) is 3. The van der Waals surface area contributed by atoms with Crippen molar-refractivity contribution in [3.05, 3.63) is 58.8 Å². The summed E-state index contributed by atoms with van der Waals surface area (Å²) in [7, 11) is 0. The van der Waals surface area contributed by atoms with Crippen LogP contribution in [-0.2, 0) is 0 Å². The van der Waals surface area contributed by atoms with Gasteiger partial charge >= 0.3 is 0 Å². The quantitative estimate of drug-likeness (QED) is 0.551. The van der Waals surface area contributed by atoms with E-state index in [1.807, 2.05) is 0 Å². The Morgan fingerprint density at radius 2 is 1.93 bits per heavy atom. The maximum atomic E-state index is 10.4. The van der Waals surface area contributed by atoms with E-state index >= 15 is 0 Å². The van der Waals surface area contributed by atoms with Crippen molar-refractivity contribution < 1.29 is 4.92 Å². The predicted octanol–water partition coefficient (Wildman–Crippen LogP) is 2.46. The molecule has 0 aliphatic heterocycles. The summed E-state index contributed by atoms with van der Waals surface area (Å²) in [6.45, 7) is 0. The van der Waals surface area contributed by atoms with Crippen molar-refractivity contribution in [3.63, 3.8) is 0 Å². The molecular formula is C11H7N2O2. The van der Waals surface area contributed by atoms with E-state index in [0.717, 1.165) is 11.3 Å². The Morgan fingerprint density at radius 1 is 1.20 bits per heavy atom. The Balaban J connectivity index is 2.36. The molecule has 1 radical (unpaired) electrons. The van der Waals surface area contributed by atoms with Gasteiger partial charge < -0.3 is 0 Å². The SMILES string of the molecule is O=[N+]([O-])c1ccc(-c2cc[c]cn2)cc1. The summed E-state index contributed by atoms with van der Waals surface area (Å²) in [6, 6.07) is 12.7. The Kier molecular flexibility index (Phi) is 2.41. The van der Waals surface area contributed by atoms with Crippen LogP contribution in [0, 0.1) is 16.2 Å². The molecule has 73 valence electrons. The van der Waals surface area contributed by atoms with Crippen LogP contribution in [-0.4, -0.2) is 9.91 Å². The molecule has 0 atom stereocenters. The average Bonchev–Trinajstić information content (AvgIpc) is 2.30. The molecule has 0 N–H and O–H groups in total. The van der Waals surface area contributed by atoms with E-state index in [2.05, 4.69) is 11.1 Å². The fourth-order valence-electron chi connectivity index (χ4n) is 1.24. The molecule has 0 fully saturated rings. The van der Waals surface area contributed by atoms with E-state index in [1.165, 1.54) is 12.1 Å². The molecule has 1 heterocycles. The van der Waals surface area contributed by atoms with E-state index in [1.54, 1.807) is 30.5 Å². The number of non-ortho nitro benzene ring substituents is 1. The standard InChI is InChI=1S/C11H7N2O2/c14-13(15)10-6-4-9(5-7-10)11-3-1-2-8-12-11/h1,3-8H. The zero-order valence-corrected chi connectivity index (χ0v) is 7.75. The maximum absolute atomic E-state index is 10.4. The van der Waals surface area contributed by atoms with Crippen molar-refractivity contribution in [1.82, 2.24) is 4.98 Å². The van der Waals surface area contributed by atoms with Crippen LogP contribution in [0.1, 0.15) is 0 Å². The van der Waals surface area contributed by atoms with Gasteiger partial charge in [-0.3, -0.25) is 15.1 Å². The molecular weight excluding hydrogens is 192 g/mol. The predicted molar refractivity (Wildman–Crippen MR) is 55.2 cm³/mol. The number of rotatable bonds is 2. The van der Waals surface area contributed by atoms with Crippen molar-refractivity contribution >= 4 is 5.69 Å². The smallest absolute Gasteiger partial charge is 0.258 e. The molecule has 0 spiro atoms. The van der Waals surface area contributed by atoms with Gasteiger partial charge in [-0.25, -0.2) is 0 Å². The Morgan fingerprint density at radius 3 is 2.47 bits per heavy atom. The number of pyridine rings is 1.